The van der Waals surface area contributed by atoms with Gasteiger partial charge in [0.05, 0.1) is 23.7 Å². The second kappa shape index (κ2) is 7.55. The van der Waals surface area contributed by atoms with E-state index >= 15 is 0 Å². The van der Waals surface area contributed by atoms with Crippen LogP contribution in [0.2, 0.25) is 5.02 Å². The van der Waals surface area contributed by atoms with Gasteiger partial charge in [0.2, 0.25) is 5.91 Å². The van der Waals surface area contributed by atoms with E-state index in [-0.39, 0.29) is 30.0 Å². The first kappa shape index (κ1) is 18.5. The molecule has 1 aromatic carbocycles. The molecule has 138 valence electrons. The van der Waals surface area contributed by atoms with Gasteiger partial charge in [0, 0.05) is 18.5 Å². The lowest BCUT2D eigenvalue weighted by Crippen LogP contribution is -2.61. The lowest BCUT2D eigenvalue weighted by atomic mass is 9.67. The highest BCUT2D eigenvalue weighted by atomic mass is 35.5. The fraction of sp³-hybridized carbons (Fsp3) is 0.650. The predicted octanol–water partition coefficient (Wildman–Crippen LogP) is 3.82. The van der Waals surface area contributed by atoms with E-state index in [2.05, 4.69) is 0 Å². The zero-order chi connectivity index (χ0) is 18.0. The molecule has 2 aliphatic rings. The smallest absolute Gasteiger partial charge is 0.228 e. The normalized spacial score (nSPS) is 21.0. The number of aryl methyl sites for hydroxylation is 1. The van der Waals surface area contributed by atoms with Gasteiger partial charge < -0.3 is 14.7 Å². The lowest BCUT2D eigenvalue weighted by Gasteiger charge is -2.54. The van der Waals surface area contributed by atoms with Crippen molar-refractivity contribution in [2.24, 2.45) is 11.3 Å². The van der Waals surface area contributed by atoms with Crippen molar-refractivity contribution in [3.8, 4) is 5.75 Å². The van der Waals surface area contributed by atoms with Crippen LogP contribution < -0.4 is 4.74 Å². The molecule has 0 unspecified atom stereocenters. The molecule has 1 amide bonds. The average molecular weight is 366 g/mol. The number of benzene rings is 1. The second-order valence-electron chi connectivity index (χ2n) is 7.73. The van der Waals surface area contributed by atoms with E-state index < -0.39 is 0 Å². The van der Waals surface area contributed by atoms with Gasteiger partial charge in [-0.2, -0.15) is 0 Å². The second-order valence-corrected chi connectivity index (χ2v) is 8.14. The fourth-order valence-electron chi connectivity index (χ4n) is 4.08. The molecule has 0 aromatic heterocycles. The Kier molecular flexibility index (Phi) is 5.59. The van der Waals surface area contributed by atoms with Gasteiger partial charge in [-0.1, -0.05) is 24.6 Å². The molecule has 0 bridgehead atoms. The van der Waals surface area contributed by atoms with Gasteiger partial charge in [-0.25, -0.2) is 0 Å². The number of carbonyl (C=O) groups is 1. The summed E-state index contributed by atoms with van der Waals surface area (Å²) in [4.78, 5) is 14.2. The SMILES string of the molecule is CC[C@H](CO)C(=O)N1CC2(CCC(Oc3cc(C)ccc3Cl)CC2)C1. The number of aliphatic hydroxyl groups is 1. The fourth-order valence-corrected chi connectivity index (χ4v) is 4.24. The Morgan fingerprint density at radius 2 is 2.08 bits per heavy atom. The van der Waals surface area contributed by atoms with Gasteiger partial charge in [0.15, 0.2) is 0 Å². The maximum Gasteiger partial charge on any atom is 0.228 e. The minimum Gasteiger partial charge on any atom is -0.489 e. The third kappa shape index (κ3) is 3.95. The number of carbonyl (C=O) groups excluding carboxylic acids is 1. The van der Waals surface area contributed by atoms with Crippen molar-refractivity contribution in [2.75, 3.05) is 19.7 Å². The van der Waals surface area contributed by atoms with Crippen molar-refractivity contribution in [3.63, 3.8) is 0 Å². The highest BCUT2D eigenvalue weighted by Crippen LogP contribution is 2.45. The molecule has 1 atom stereocenters. The Balaban J connectivity index is 1.50. The number of hydrogen-bond donors (Lipinski definition) is 1. The number of likely N-dealkylation sites (tertiary alicyclic amines) is 1. The van der Waals surface area contributed by atoms with Crippen LogP contribution in [0.4, 0.5) is 0 Å². The molecule has 1 aliphatic heterocycles. The molecule has 0 radical (unpaired) electrons. The molecule has 4 nitrogen and oxygen atoms in total. The molecule has 1 spiro atoms. The third-order valence-corrected chi connectivity index (χ3v) is 6.11. The lowest BCUT2D eigenvalue weighted by molar-refractivity contribution is -0.152. The van der Waals surface area contributed by atoms with Crippen LogP contribution in [-0.2, 0) is 4.79 Å². The van der Waals surface area contributed by atoms with Gasteiger partial charge in [-0.05, 0) is 56.7 Å². The molecule has 1 saturated carbocycles. The van der Waals surface area contributed by atoms with Crippen LogP contribution in [0.1, 0.15) is 44.6 Å². The van der Waals surface area contributed by atoms with E-state index in [0.717, 1.165) is 50.1 Å². The Labute approximate surface area is 155 Å². The summed E-state index contributed by atoms with van der Waals surface area (Å²) in [6.45, 7) is 5.61. The summed E-state index contributed by atoms with van der Waals surface area (Å²) in [5.74, 6) is 0.655. The van der Waals surface area contributed by atoms with Crippen molar-refractivity contribution in [1.82, 2.24) is 4.90 Å². The molecule has 1 heterocycles. The average Bonchev–Trinajstić information content (AvgIpc) is 2.58. The van der Waals surface area contributed by atoms with Gasteiger partial charge in [0.25, 0.3) is 0 Å². The molecule has 5 heteroatoms. The number of amides is 1. The highest BCUT2D eigenvalue weighted by Gasteiger charge is 2.48. The zero-order valence-corrected chi connectivity index (χ0v) is 15.9. The van der Waals surface area contributed by atoms with E-state index in [9.17, 15) is 9.90 Å². The van der Waals surface area contributed by atoms with Crippen LogP contribution in [-0.4, -0.2) is 41.7 Å². The summed E-state index contributed by atoms with van der Waals surface area (Å²) < 4.78 is 6.13. The summed E-state index contributed by atoms with van der Waals surface area (Å²) in [6, 6.07) is 5.87. The number of rotatable bonds is 5. The van der Waals surface area contributed by atoms with E-state index in [1.807, 2.05) is 36.9 Å². The van der Waals surface area contributed by atoms with Gasteiger partial charge in [-0.3, -0.25) is 4.79 Å². The number of nitrogens with zero attached hydrogens (tertiary/aromatic N) is 1. The molecular formula is C20H28ClNO3. The Morgan fingerprint density at radius 3 is 2.68 bits per heavy atom. The Bertz CT molecular complexity index is 613. The van der Waals surface area contributed by atoms with Crippen molar-refractivity contribution in [1.29, 1.82) is 0 Å². The molecule has 25 heavy (non-hydrogen) atoms. The summed E-state index contributed by atoms with van der Waals surface area (Å²) in [5, 5.41) is 9.98. The first-order chi connectivity index (χ1) is 12.0. The number of halogens is 1. The Hall–Kier alpha value is -1.26. The topological polar surface area (TPSA) is 49.8 Å². The summed E-state index contributed by atoms with van der Waals surface area (Å²) in [5.41, 5.74) is 1.41. The largest absolute Gasteiger partial charge is 0.489 e. The van der Waals surface area contributed by atoms with Gasteiger partial charge >= 0.3 is 0 Å². The first-order valence-corrected chi connectivity index (χ1v) is 9.66. The van der Waals surface area contributed by atoms with E-state index in [1.165, 1.54) is 0 Å². The van der Waals surface area contributed by atoms with Crippen LogP contribution in [0.5, 0.6) is 5.75 Å². The minimum absolute atomic E-state index is 0.0496. The minimum atomic E-state index is -0.236. The maximum atomic E-state index is 12.3. The summed E-state index contributed by atoms with van der Waals surface area (Å²) in [6.07, 6.45) is 5.08. The van der Waals surface area contributed by atoms with E-state index in [1.54, 1.807) is 0 Å². The molecule has 1 aromatic rings. The predicted molar refractivity (Wildman–Crippen MR) is 99.0 cm³/mol. The number of hydrogen-bond acceptors (Lipinski definition) is 3. The summed E-state index contributed by atoms with van der Waals surface area (Å²) >= 11 is 6.23. The van der Waals surface area contributed by atoms with Crippen LogP contribution in [0, 0.1) is 18.3 Å². The third-order valence-electron chi connectivity index (χ3n) is 5.80. The van der Waals surface area contributed by atoms with Crippen LogP contribution >= 0.6 is 11.6 Å². The van der Waals surface area contributed by atoms with Crippen molar-refractivity contribution < 1.29 is 14.6 Å². The quantitative estimate of drug-likeness (QED) is 0.863. The highest BCUT2D eigenvalue weighted by molar-refractivity contribution is 6.32. The summed E-state index contributed by atoms with van der Waals surface area (Å²) in [7, 11) is 0. The molecule has 2 fully saturated rings. The first-order valence-electron chi connectivity index (χ1n) is 9.29. The zero-order valence-electron chi connectivity index (χ0n) is 15.1. The monoisotopic (exact) mass is 365 g/mol. The molecule has 1 saturated heterocycles. The van der Waals surface area contributed by atoms with Crippen molar-refractivity contribution >= 4 is 17.5 Å². The number of ether oxygens (including phenoxy) is 1. The van der Waals surface area contributed by atoms with Gasteiger partial charge in [-0.15, -0.1) is 0 Å². The molecule has 1 N–H and O–H groups in total. The van der Waals surface area contributed by atoms with E-state index in [0.29, 0.717) is 11.4 Å². The standard InChI is InChI=1S/C20H28ClNO3/c1-3-15(11-23)19(24)22-12-20(13-22)8-6-16(7-9-20)25-18-10-14(2)4-5-17(18)21/h4-5,10,15-16,23H,3,6-9,11-13H2,1-2H3/t15-/m1/s1. The van der Waals surface area contributed by atoms with Crippen LogP contribution in [0.3, 0.4) is 0 Å². The van der Waals surface area contributed by atoms with Crippen molar-refractivity contribution in [2.45, 2.75) is 52.1 Å². The number of aliphatic hydroxyl groups excluding tert-OH is 1. The molecular weight excluding hydrogens is 338 g/mol. The molecule has 3 rings (SSSR count). The van der Waals surface area contributed by atoms with Crippen LogP contribution in [0.15, 0.2) is 18.2 Å². The Morgan fingerprint density at radius 1 is 1.40 bits per heavy atom. The van der Waals surface area contributed by atoms with Crippen LogP contribution in [0.25, 0.3) is 0 Å². The van der Waals surface area contributed by atoms with E-state index in [4.69, 9.17) is 16.3 Å². The van der Waals surface area contributed by atoms with Crippen molar-refractivity contribution in [3.05, 3.63) is 28.8 Å². The maximum absolute atomic E-state index is 12.3. The van der Waals surface area contributed by atoms with Gasteiger partial charge in [0.1, 0.15) is 5.75 Å². The molecule has 1 aliphatic carbocycles.